The first kappa shape index (κ1) is 13.0. The van der Waals surface area contributed by atoms with Crippen molar-refractivity contribution in [3.05, 3.63) is 63.6 Å². The highest BCUT2D eigenvalue weighted by Gasteiger charge is 2.05. The fourth-order valence-electron chi connectivity index (χ4n) is 1.57. The molecule has 0 aliphatic carbocycles. The highest BCUT2D eigenvalue weighted by Crippen LogP contribution is 2.21. The van der Waals surface area contributed by atoms with Crippen LogP contribution in [0, 0.1) is 18.6 Å². The average molecular weight is 313 g/mol. The molecule has 0 unspecified atom stereocenters. The van der Waals surface area contributed by atoms with Crippen molar-refractivity contribution in [1.29, 1.82) is 0 Å². The van der Waals surface area contributed by atoms with Crippen molar-refractivity contribution in [1.82, 2.24) is 0 Å². The molecule has 2 aromatic carbocycles. The van der Waals surface area contributed by atoms with Gasteiger partial charge < -0.3 is 4.74 Å². The minimum atomic E-state index is -0.330. The predicted octanol–water partition coefficient (Wildman–Crippen LogP) is 4.61. The molecule has 0 atom stereocenters. The molecular formula is C14H11BrF2O. The van der Waals surface area contributed by atoms with Crippen LogP contribution in [0.4, 0.5) is 8.78 Å². The zero-order chi connectivity index (χ0) is 13.1. The molecule has 0 aliphatic rings. The summed E-state index contributed by atoms with van der Waals surface area (Å²) in [6.45, 7) is 1.86. The number of hydrogen-bond acceptors (Lipinski definition) is 1. The summed E-state index contributed by atoms with van der Waals surface area (Å²) in [5.41, 5.74) is 1.15. The Bertz CT molecular complexity index is 518. The fourth-order valence-corrected chi connectivity index (χ4v) is 1.90. The van der Waals surface area contributed by atoms with Crippen LogP contribution in [0.5, 0.6) is 5.75 Å². The molecule has 0 heterocycles. The van der Waals surface area contributed by atoms with Crippen LogP contribution in [0.3, 0.4) is 0 Å². The van der Waals surface area contributed by atoms with Gasteiger partial charge in [-0.1, -0.05) is 22.0 Å². The van der Waals surface area contributed by atoms with Crippen LogP contribution < -0.4 is 4.74 Å². The number of hydrogen-bond donors (Lipinski definition) is 0. The highest BCUT2D eigenvalue weighted by atomic mass is 79.9. The number of ether oxygens (including phenoxy) is 1. The van der Waals surface area contributed by atoms with Crippen molar-refractivity contribution >= 4 is 15.9 Å². The van der Waals surface area contributed by atoms with E-state index in [2.05, 4.69) is 15.9 Å². The van der Waals surface area contributed by atoms with Gasteiger partial charge in [-0.25, -0.2) is 8.78 Å². The van der Waals surface area contributed by atoms with E-state index in [1.807, 2.05) is 0 Å². The minimum Gasteiger partial charge on any atom is -0.489 e. The second-order valence-corrected chi connectivity index (χ2v) is 4.85. The first-order chi connectivity index (χ1) is 8.56. The Labute approximate surface area is 113 Å². The van der Waals surface area contributed by atoms with E-state index in [9.17, 15) is 8.78 Å². The van der Waals surface area contributed by atoms with Gasteiger partial charge in [-0.15, -0.1) is 0 Å². The maximum absolute atomic E-state index is 13.5. The molecule has 0 aliphatic heterocycles. The van der Waals surface area contributed by atoms with Gasteiger partial charge in [0.15, 0.2) is 0 Å². The lowest BCUT2D eigenvalue weighted by Crippen LogP contribution is -1.99. The summed E-state index contributed by atoms with van der Waals surface area (Å²) in [5, 5.41) is 0. The molecular weight excluding hydrogens is 302 g/mol. The minimum absolute atomic E-state index is 0.117. The zero-order valence-electron chi connectivity index (χ0n) is 9.71. The molecule has 0 saturated carbocycles. The van der Waals surface area contributed by atoms with Gasteiger partial charge in [0.05, 0.1) is 0 Å². The third-order valence-corrected chi connectivity index (χ3v) is 3.03. The van der Waals surface area contributed by atoms with E-state index in [-0.39, 0.29) is 18.2 Å². The molecule has 94 valence electrons. The summed E-state index contributed by atoms with van der Waals surface area (Å²) in [6, 6.07) is 9.03. The molecule has 2 rings (SSSR count). The Morgan fingerprint density at radius 1 is 1.11 bits per heavy atom. The molecule has 0 spiro atoms. The van der Waals surface area contributed by atoms with Crippen LogP contribution in [0.1, 0.15) is 11.1 Å². The standard InChI is InChI=1S/C14H11BrF2O/c1-9-6-12(16)4-5-14(9)18-8-10-2-3-11(15)7-13(10)17/h2-7H,8H2,1H3. The summed E-state index contributed by atoms with van der Waals surface area (Å²) in [4.78, 5) is 0. The van der Waals surface area contributed by atoms with Gasteiger partial charge in [-0.3, -0.25) is 0 Å². The maximum atomic E-state index is 13.5. The normalized spacial score (nSPS) is 10.4. The third kappa shape index (κ3) is 3.07. The van der Waals surface area contributed by atoms with Crippen molar-refractivity contribution < 1.29 is 13.5 Å². The predicted molar refractivity (Wildman–Crippen MR) is 69.6 cm³/mol. The van der Waals surface area contributed by atoms with E-state index in [0.717, 1.165) is 0 Å². The molecule has 18 heavy (non-hydrogen) atoms. The monoisotopic (exact) mass is 312 g/mol. The quantitative estimate of drug-likeness (QED) is 0.804. The SMILES string of the molecule is Cc1cc(F)ccc1OCc1ccc(Br)cc1F. The Morgan fingerprint density at radius 3 is 2.56 bits per heavy atom. The highest BCUT2D eigenvalue weighted by molar-refractivity contribution is 9.10. The number of halogens is 3. The van der Waals surface area contributed by atoms with Gasteiger partial charge in [0.1, 0.15) is 24.0 Å². The molecule has 0 N–H and O–H groups in total. The summed E-state index contributed by atoms with van der Waals surface area (Å²) in [5.74, 6) is -0.0856. The van der Waals surface area contributed by atoms with E-state index < -0.39 is 0 Å². The lowest BCUT2D eigenvalue weighted by atomic mass is 10.2. The van der Waals surface area contributed by atoms with E-state index in [1.54, 1.807) is 25.1 Å². The second-order valence-electron chi connectivity index (χ2n) is 3.93. The Morgan fingerprint density at radius 2 is 1.89 bits per heavy atom. The third-order valence-electron chi connectivity index (χ3n) is 2.54. The summed E-state index contributed by atoms with van der Waals surface area (Å²) < 4.78 is 32.6. The molecule has 4 heteroatoms. The van der Waals surface area contributed by atoms with Crippen LogP contribution in [-0.2, 0) is 6.61 Å². The Balaban J connectivity index is 2.11. The van der Waals surface area contributed by atoms with Crippen LogP contribution in [0.25, 0.3) is 0 Å². The molecule has 1 nitrogen and oxygen atoms in total. The lowest BCUT2D eigenvalue weighted by Gasteiger charge is -2.10. The second kappa shape index (κ2) is 5.48. The number of rotatable bonds is 3. The maximum Gasteiger partial charge on any atom is 0.130 e. The van der Waals surface area contributed by atoms with Gasteiger partial charge in [-0.05, 0) is 42.8 Å². The summed E-state index contributed by atoms with van der Waals surface area (Å²) in [6.07, 6.45) is 0. The lowest BCUT2D eigenvalue weighted by molar-refractivity contribution is 0.297. The molecule has 2 aromatic rings. The van der Waals surface area contributed by atoms with E-state index in [0.29, 0.717) is 21.3 Å². The molecule has 0 aromatic heterocycles. The van der Waals surface area contributed by atoms with Crippen molar-refractivity contribution in [2.45, 2.75) is 13.5 Å². The molecule has 0 fully saturated rings. The van der Waals surface area contributed by atoms with Crippen LogP contribution in [0.15, 0.2) is 40.9 Å². The largest absolute Gasteiger partial charge is 0.489 e. The van der Waals surface area contributed by atoms with Crippen molar-refractivity contribution in [3.8, 4) is 5.75 Å². The van der Waals surface area contributed by atoms with E-state index >= 15 is 0 Å². The average Bonchev–Trinajstić information content (AvgIpc) is 2.30. The van der Waals surface area contributed by atoms with Crippen LogP contribution >= 0.6 is 15.9 Å². The van der Waals surface area contributed by atoms with Crippen molar-refractivity contribution in [2.24, 2.45) is 0 Å². The first-order valence-corrected chi connectivity index (χ1v) is 6.18. The van der Waals surface area contributed by atoms with Crippen LogP contribution in [0.2, 0.25) is 0 Å². The number of aryl methyl sites for hydroxylation is 1. The van der Waals surface area contributed by atoms with Crippen molar-refractivity contribution in [3.63, 3.8) is 0 Å². The van der Waals surface area contributed by atoms with Gasteiger partial charge in [0.25, 0.3) is 0 Å². The zero-order valence-corrected chi connectivity index (χ0v) is 11.3. The molecule has 0 amide bonds. The van der Waals surface area contributed by atoms with E-state index in [1.165, 1.54) is 18.2 Å². The van der Waals surface area contributed by atoms with Gasteiger partial charge in [-0.2, -0.15) is 0 Å². The topological polar surface area (TPSA) is 9.23 Å². The molecule has 0 radical (unpaired) electrons. The molecule has 0 saturated heterocycles. The fraction of sp³-hybridized carbons (Fsp3) is 0.143. The summed E-state index contributed by atoms with van der Waals surface area (Å²) in [7, 11) is 0. The van der Waals surface area contributed by atoms with Gasteiger partial charge in [0.2, 0.25) is 0 Å². The Kier molecular flexibility index (Phi) is 3.97. The van der Waals surface area contributed by atoms with Gasteiger partial charge in [0, 0.05) is 10.0 Å². The van der Waals surface area contributed by atoms with E-state index in [4.69, 9.17) is 4.74 Å². The van der Waals surface area contributed by atoms with Crippen molar-refractivity contribution in [2.75, 3.05) is 0 Å². The smallest absolute Gasteiger partial charge is 0.130 e. The Hall–Kier alpha value is -1.42. The molecule has 0 bridgehead atoms. The van der Waals surface area contributed by atoms with Gasteiger partial charge >= 0.3 is 0 Å². The first-order valence-electron chi connectivity index (χ1n) is 5.39. The summed E-state index contributed by atoms with van der Waals surface area (Å²) >= 11 is 3.19. The number of benzene rings is 2. The van der Waals surface area contributed by atoms with Crippen LogP contribution in [-0.4, -0.2) is 0 Å².